The number of ether oxygens (including phenoxy) is 1. The van der Waals surface area contributed by atoms with Crippen molar-refractivity contribution in [3.63, 3.8) is 0 Å². The van der Waals surface area contributed by atoms with E-state index in [2.05, 4.69) is 31.9 Å². The average molecular weight is 422 g/mol. The minimum atomic E-state index is -1.29. The third-order valence-corrected chi connectivity index (χ3v) is 4.27. The molecule has 2 rings (SSSR count). The van der Waals surface area contributed by atoms with Crippen LogP contribution >= 0.6 is 31.9 Å². The molecule has 0 aliphatic heterocycles. The molecule has 2 aromatic rings. The second kappa shape index (κ2) is 6.85. The first-order valence-electron chi connectivity index (χ1n) is 6.07. The Bertz CT molecular complexity index is 639. The summed E-state index contributed by atoms with van der Waals surface area (Å²) in [5.74, 6) is -0.959. The van der Waals surface area contributed by atoms with Gasteiger partial charge < -0.3 is 9.84 Å². The normalized spacial score (nSPS) is 12.3. The molecule has 0 aliphatic rings. The van der Waals surface area contributed by atoms with Crippen LogP contribution in [0.5, 0.6) is 5.75 Å². The van der Waals surface area contributed by atoms with E-state index < -0.39 is 17.7 Å². The molecule has 0 radical (unpaired) electrons. The number of aliphatic hydroxyl groups excluding tert-OH is 1. The Morgan fingerprint density at radius 3 is 2.33 bits per heavy atom. The minimum absolute atomic E-state index is 0.0628. The van der Waals surface area contributed by atoms with Crippen LogP contribution in [0.2, 0.25) is 0 Å². The van der Waals surface area contributed by atoms with Crippen molar-refractivity contribution >= 4 is 31.9 Å². The van der Waals surface area contributed by atoms with E-state index in [-0.39, 0.29) is 16.5 Å². The molecule has 1 unspecified atom stereocenters. The number of rotatable bonds is 4. The van der Waals surface area contributed by atoms with Crippen molar-refractivity contribution < 1.29 is 18.6 Å². The van der Waals surface area contributed by atoms with Crippen LogP contribution in [0.4, 0.5) is 8.78 Å². The van der Waals surface area contributed by atoms with E-state index >= 15 is 0 Å². The lowest BCUT2D eigenvalue weighted by Gasteiger charge is -2.15. The molecule has 0 aliphatic carbocycles. The topological polar surface area (TPSA) is 29.5 Å². The molecule has 0 aromatic heterocycles. The SMILES string of the molecule is COc1ccc(Br)c(CC(O)c2c(F)cc(Br)cc2F)c1. The quantitative estimate of drug-likeness (QED) is 0.770. The highest BCUT2D eigenvalue weighted by Gasteiger charge is 2.20. The average Bonchev–Trinajstić information content (AvgIpc) is 2.40. The van der Waals surface area contributed by atoms with E-state index in [1.807, 2.05) is 0 Å². The molecule has 0 fully saturated rings. The van der Waals surface area contributed by atoms with Crippen LogP contribution < -0.4 is 4.74 Å². The first-order valence-corrected chi connectivity index (χ1v) is 7.66. The van der Waals surface area contributed by atoms with Gasteiger partial charge in [0.1, 0.15) is 17.4 Å². The largest absolute Gasteiger partial charge is 0.497 e. The lowest BCUT2D eigenvalue weighted by Crippen LogP contribution is -2.08. The molecule has 2 aromatic carbocycles. The van der Waals surface area contributed by atoms with Crippen molar-refractivity contribution in [1.82, 2.24) is 0 Å². The third-order valence-electron chi connectivity index (χ3n) is 3.04. The Labute approximate surface area is 138 Å². The zero-order chi connectivity index (χ0) is 15.6. The predicted molar refractivity (Wildman–Crippen MR) is 83.4 cm³/mol. The first kappa shape index (κ1) is 16.4. The Kier molecular flexibility index (Phi) is 5.35. The van der Waals surface area contributed by atoms with Gasteiger partial charge in [0.15, 0.2) is 0 Å². The fourth-order valence-electron chi connectivity index (χ4n) is 2.02. The van der Waals surface area contributed by atoms with Crippen molar-refractivity contribution in [2.75, 3.05) is 7.11 Å². The number of aliphatic hydroxyl groups is 1. The van der Waals surface area contributed by atoms with Crippen LogP contribution in [0.15, 0.2) is 39.3 Å². The molecular weight excluding hydrogens is 410 g/mol. The molecule has 2 nitrogen and oxygen atoms in total. The molecular formula is C15H12Br2F2O2. The van der Waals surface area contributed by atoms with Gasteiger partial charge in [-0.15, -0.1) is 0 Å². The summed E-state index contributed by atoms with van der Waals surface area (Å²) in [5.41, 5.74) is 0.358. The summed E-state index contributed by atoms with van der Waals surface area (Å²) in [6.07, 6.45) is -1.23. The van der Waals surface area contributed by atoms with Crippen molar-refractivity contribution in [3.8, 4) is 5.75 Å². The van der Waals surface area contributed by atoms with Crippen molar-refractivity contribution in [2.24, 2.45) is 0 Å². The van der Waals surface area contributed by atoms with Crippen LogP contribution in [-0.4, -0.2) is 12.2 Å². The van der Waals surface area contributed by atoms with E-state index in [4.69, 9.17) is 4.74 Å². The predicted octanol–water partition coefficient (Wildman–Crippen LogP) is 4.77. The Balaban J connectivity index is 2.32. The summed E-state index contributed by atoms with van der Waals surface area (Å²) in [4.78, 5) is 0. The lowest BCUT2D eigenvalue weighted by atomic mass is 10.0. The molecule has 0 saturated heterocycles. The number of hydrogen-bond acceptors (Lipinski definition) is 2. The van der Waals surface area contributed by atoms with Crippen LogP contribution in [0.3, 0.4) is 0 Å². The van der Waals surface area contributed by atoms with Crippen LogP contribution in [0.1, 0.15) is 17.2 Å². The maximum atomic E-state index is 13.8. The molecule has 21 heavy (non-hydrogen) atoms. The highest BCUT2D eigenvalue weighted by atomic mass is 79.9. The smallest absolute Gasteiger partial charge is 0.133 e. The monoisotopic (exact) mass is 420 g/mol. The number of halogens is 4. The van der Waals surface area contributed by atoms with E-state index in [0.29, 0.717) is 11.3 Å². The standard InChI is InChI=1S/C15H12Br2F2O2/c1-21-10-2-3-11(17)8(4-10)5-14(20)15-12(18)6-9(16)7-13(15)19/h2-4,6-7,14,20H,5H2,1H3. The Morgan fingerprint density at radius 1 is 1.14 bits per heavy atom. The van der Waals surface area contributed by atoms with Gasteiger partial charge in [-0.1, -0.05) is 31.9 Å². The third kappa shape index (κ3) is 3.81. The van der Waals surface area contributed by atoms with Crippen molar-refractivity contribution in [3.05, 3.63) is 62.0 Å². The van der Waals surface area contributed by atoms with Gasteiger partial charge in [-0.3, -0.25) is 0 Å². The second-order valence-corrected chi connectivity index (χ2v) is 6.23. The Hall–Kier alpha value is -0.980. The summed E-state index contributed by atoms with van der Waals surface area (Å²) in [7, 11) is 1.53. The van der Waals surface area contributed by atoms with Gasteiger partial charge in [-0.05, 0) is 35.9 Å². The summed E-state index contributed by atoms with van der Waals surface area (Å²) >= 11 is 6.36. The van der Waals surface area contributed by atoms with E-state index in [1.54, 1.807) is 18.2 Å². The molecule has 0 amide bonds. The maximum Gasteiger partial charge on any atom is 0.133 e. The Morgan fingerprint density at radius 2 is 1.76 bits per heavy atom. The fourth-order valence-corrected chi connectivity index (χ4v) is 2.83. The molecule has 1 N–H and O–H groups in total. The number of benzene rings is 2. The van der Waals surface area contributed by atoms with Crippen LogP contribution in [-0.2, 0) is 6.42 Å². The number of methoxy groups -OCH3 is 1. The zero-order valence-corrected chi connectivity index (χ0v) is 14.2. The fraction of sp³-hybridized carbons (Fsp3) is 0.200. The summed E-state index contributed by atoms with van der Waals surface area (Å²) in [6.45, 7) is 0. The van der Waals surface area contributed by atoms with Gasteiger partial charge in [-0.25, -0.2) is 8.78 Å². The zero-order valence-electron chi connectivity index (χ0n) is 11.0. The molecule has 6 heteroatoms. The van der Waals surface area contributed by atoms with Gasteiger partial charge in [0.2, 0.25) is 0 Å². The van der Waals surface area contributed by atoms with Gasteiger partial charge in [0.25, 0.3) is 0 Å². The van der Waals surface area contributed by atoms with Crippen molar-refractivity contribution in [1.29, 1.82) is 0 Å². The lowest BCUT2D eigenvalue weighted by molar-refractivity contribution is 0.168. The second-order valence-electron chi connectivity index (χ2n) is 4.46. The molecule has 0 heterocycles. The van der Waals surface area contributed by atoms with Gasteiger partial charge in [0.05, 0.1) is 18.8 Å². The number of hydrogen-bond donors (Lipinski definition) is 1. The van der Waals surface area contributed by atoms with E-state index in [0.717, 1.165) is 16.6 Å². The molecule has 0 saturated carbocycles. The van der Waals surface area contributed by atoms with E-state index in [1.165, 1.54) is 7.11 Å². The van der Waals surface area contributed by atoms with Crippen LogP contribution in [0, 0.1) is 11.6 Å². The van der Waals surface area contributed by atoms with Gasteiger partial charge in [0, 0.05) is 15.4 Å². The first-order chi connectivity index (χ1) is 9.92. The molecule has 0 spiro atoms. The summed E-state index contributed by atoms with van der Waals surface area (Å²) in [5, 5.41) is 10.2. The van der Waals surface area contributed by atoms with Gasteiger partial charge in [-0.2, -0.15) is 0 Å². The summed E-state index contributed by atoms with van der Waals surface area (Å²) in [6, 6.07) is 7.47. The minimum Gasteiger partial charge on any atom is -0.497 e. The highest BCUT2D eigenvalue weighted by molar-refractivity contribution is 9.10. The van der Waals surface area contributed by atoms with Crippen LogP contribution in [0.25, 0.3) is 0 Å². The highest BCUT2D eigenvalue weighted by Crippen LogP contribution is 2.30. The molecule has 0 bridgehead atoms. The van der Waals surface area contributed by atoms with E-state index in [9.17, 15) is 13.9 Å². The maximum absolute atomic E-state index is 13.8. The molecule has 112 valence electrons. The summed E-state index contributed by atoms with van der Waals surface area (Å²) < 4.78 is 33.8. The van der Waals surface area contributed by atoms with Gasteiger partial charge >= 0.3 is 0 Å². The van der Waals surface area contributed by atoms with Crippen molar-refractivity contribution in [2.45, 2.75) is 12.5 Å². The molecule has 1 atom stereocenters.